The van der Waals surface area contributed by atoms with Gasteiger partial charge in [-0.15, -0.1) is 11.3 Å². The summed E-state index contributed by atoms with van der Waals surface area (Å²) in [7, 11) is 0. The normalized spacial score (nSPS) is 20.3. The molecule has 0 unspecified atom stereocenters. The Morgan fingerprint density at radius 2 is 2.00 bits per heavy atom. The Balaban J connectivity index is 1.42. The molecule has 4 heterocycles. The molecule has 0 N–H and O–H groups in total. The summed E-state index contributed by atoms with van der Waals surface area (Å²) in [6.07, 6.45) is 7.56. The zero-order valence-corrected chi connectivity index (χ0v) is 16.4. The molecule has 0 spiro atoms. The highest BCUT2D eigenvalue weighted by molar-refractivity contribution is 9.10. The van der Waals surface area contributed by atoms with Crippen LogP contribution in [0.1, 0.15) is 49.0 Å². The summed E-state index contributed by atoms with van der Waals surface area (Å²) >= 11 is 5.01. The van der Waals surface area contributed by atoms with Crippen LogP contribution in [0.2, 0.25) is 0 Å². The van der Waals surface area contributed by atoms with Gasteiger partial charge in [0.15, 0.2) is 10.7 Å². The van der Waals surface area contributed by atoms with Gasteiger partial charge in [0, 0.05) is 43.7 Å². The van der Waals surface area contributed by atoms with Crippen LogP contribution in [-0.4, -0.2) is 56.7 Å². The van der Waals surface area contributed by atoms with Crippen molar-refractivity contribution in [2.24, 2.45) is 0 Å². The van der Waals surface area contributed by atoms with Gasteiger partial charge in [-0.25, -0.2) is 4.98 Å². The van der Waals surface area contributed by atoms with E-state index >= 15 is 0 Å². The maximum Gasteiger partial charge on any atom is 0.275 e. The molecule has 25 heavy (non-hydrogen) atoms. The minimum Gasteiger partial charge on any atom is -0.340 e. The Hall–Kier alpha value is -1.41. The molecule has 0 atom stereocenters. The number of hydrogen-bond donors (Lipinski definition) is 0. The van der Waals surface area contributed by atoms with Crippen molar-refractivity contribution >= 4 is 44.0 Å². The number of carbonyl (C=O) groups is 2. The molecule has 0 aromatic carbocycles. The van der Waals surface area contributed by atoms with E-state index in [1.165, 1.54) is 11.3 Å². The summed E-state index contributed by atoms with van der Waals surface area (Å²) in [6, 6.07) is 0.281. The third-order valence-electron chi connectivity index (χ3n) is 5.21. The van der Waals surface area contributed by atoms with E-state index in [2.05, 4.69) is 25.8 Å². The monoisotopic (exact) mass is 424 g/mol. The van der Waals surface area contributed by atoms with E-state index in [1.807, 2.05) is 20.9 Å². The summed E-state index contributed by atoms with van der Waals surface area (Å²) in [4.78, 5) is 34.3. The third kappa shape index (κ3) is 3.21. The third-order valence-corrected chi connectivity index (χ3v) is 6.72. The number of halogens is 1. The number of imidazole rings is 1. The lowest BCUT2D eigenvalue weighted by Gasteiger charge is -2.38. The van der Waals surface area contributed by atoms with E-state index in [-0.39, 0.29) is 11.9 Å². The van der Waals surface area contributed by atoms with Gasteiger partial charge < -0.3 is 9.80 Å². The maximum atomic E-state index is 12.8. The molecular formula is C17H21BrN4O2S. The molecule has 2 aliphatic heterocycles. The number of likely N-dealkylation sites (tertiary alicyclic amines) is 2. The summed E-state index contributed by atoms with van der Waals surface area (Å²) < 4.78 is 2.61. The van der Waals surface area contributed by atoms with Gasteiger partial charge in [0.05, 0.1) is 0 Å². The fourth-order valence-electron chi connectivity index (χ4n) is 3.81. The summed E-state index contributed by atoms with van der Waals surface area (Å²) in [5.41, 5.74) is 0.483. The molecule has 2 aliphatic rings. The SMILES string of the molecule is O=C(c1nc2sccn2c1Br)N1CCC(N2CCCCCC2=O)CC1. The fraction of sp³-hybridized carbons (Fsp3) is 0.588. The first-order valence-corrected chi connectivity index (χ1v) is 10.5. The van der Waals surface area contributed by atoms with Crippen molar-refractivity contribution in [3.05, 3.63) is 21.9 Å². The predicted molar refractivity (Wildman–Crippen MR) is 99.9 cm³/mol. The van der Waals surface area contributed by atoms with Crippen LogP contribution in [-0.2, 0) is 4.79 Å². The highest BCUT2D eigenvalue weighted by atomic mass is 79.9. The van der Waals surface area contributed by atoms with Crippen LogP contribution in [0.5, 0.6) is 0 Å². The maximum absolute atomic E-state index is 12.8. The molecule has 2 aromatic rings. The molecule has 2 amide bonds. The molecule has 0 aliphatic carbocycles. The number of aromatic nitrogens is 2. The highest BCUT2D eigenvalue weighted by Crippen LogP contribution is 2.26. The second-order valence-electron chi connectivity index (χ2n) is 6.73. The van der Waals surface area contributed by atoms with Crippen LogP contribution in [0, 0.1) is 0 Å². The number of fused-ring (bicyclic) bond motifs is 1. The Bertz CT molecular complexity index is 794. The quantitative estimate of drug-likeness (QED) is 0.743. The van der Waals surface area contributed by atoms with E-state index in [0.717, 1.165) is 48.2 Å². The molecule has 134 valence electrons. The van der Waals surface area contributed by atoms with Gasteiger partial charge in [0.25, 0.3) is 5.91 Å². The minimum absolute atomic E-state index is 0.0246. The van der Waals surface area contributed by atoms with Gasteiger partial charge in [0.2, 0.25) is 5.91 Å². The smallest absolute Gasteiger partial charge is 0.275 e. The number of amides is 2. The van der Waals surface area contributed by atoms with E-state index in [0.29, 0.717) is 31.1 Å². The van der Waals surface area contributed by atoms with Crippen molar-refractivity contribution in [2.45, 2.75) is 44.6 Å². The van der Waals surface area contributed by atoms with Crippen LogP contribution >= 0.6 is 27.3 Å². The number of carbonyl (C=O) groups excluding carboxylic acids is 2. The fourth-order valence-corrected chi connectivity index (χ4v) is 5.19. The van der Waals surface area contributed by atoms with Gasteiger partial charge in [0.1, 0.15) is 4.60 Å². The van der Waals surface area contributed by atoms with Gasteiger partial charge in [-0.1, -0.05) is 6.42 Å². The van der Waals surface area contributed by atoms with Crippen LogP contribution < -0.4 is 0 Å². The van der Waals surface area contributed by atoms with Crippen LogP contribution in [0.3, 0.4) is 0 Å². The Morgan fingerprint density at radius 3 is 2.76 bits per heavy atom. The molecule has 2 aromatic heterocycles. The number of rotatable bonds is 2. The van der Waals surface area contributed by atoms with Crippen LogP contribution in [0.4, 0.5) is 0 Å². The number of thiazole rings is 1. The first kappa shape index (κ1) is 17.0. The molecular weight excluding hydrogens is 404 g/mol. The average Bonchev–Trinajstić information content (AvgIpc) is 3.13. The number of hydrogen-bond acceptors (Lipinski definition) is 4. The van der Waals surface area contributed by atoms with Crippen molar-refractivity contribution in [1.82, 2.24) is 19.2 Å². The first-order chi connectivity index (χ1) is 12.1. The Morgan fingerprint density at radius 1 is 1.20 bits per heavy atom. The zero-order valence-electron chi connectivity index (χ0n) is 14.0. The van der Waals surface area contributed by atoms with Crippen LogP contribution in [0.15, 0.2) is 16.2 Å². The van der Waals surface area contributed by atoms with Crippen molar-refractivity contribution < 1.29 is 9.59 Å². The Labute approximate surface area is 158 Å². The molecule has 0 bridgehead atoms. The lowest BCUT2D eigenvalue weighted by Crippen LogP contribution is -2.48. The van der Waals surface area contributed by atoms with Crippen molar-refractivity contribution in [1.29, 1.82) is 0 Å². The van der Waals surface area contributed by atoms with Crippen LogP contribution in [0.25, 0.3) is 4.96 Å². The first-order valence-electron chi connectivity index (χ1n) is 8.85. The molecule has 0 saturated carbocycles. The lowest BCUT2D eigenvalue weighted by atomic mass is 10.0. The lowest BCUT2D eigenvalue weighted by molar-refractivity contribution is -0.133. The van der Waals surface area contributed by atoms with Gasteiger partial charge in [-0.2, -0.15) is 0 Å². The van der Waals surface area contributed by atoms with Gasteiger partial charge >= 0.3 is 0 Å². The highest BCUT2D eigenvalue weighted by Gasteiger charge is 2.32. The minimum atomic E-state index is -0.0246. The molecule has 8 heteroatoms. The standard InChI is InChI=1S/C17H21BrN4O2S/c18-15-14(19-17-22(15)10-11-25-17)16(24)20-8-5-12(6-9-20)21-7-3-1-2-4-13(21)23/h10-12H,1-9H2. The summed E-state index contributed by atoms with van der Waals surface area (Å²) in [5.74, 6) is 0.266. The van der Waals surface area contributed by atoms with Gasteiger partial charge in [-0.05, 0) is 41.6 Å². The van der Waals surface area contributed by atoms with Crippen molar-refractivity contribution in [3.8, 4) is 0 Å². The van der Waals surface area contributed by atoms with E-state index in [4.69, 9.17) is 0 Å². The number of piperidine rings is 1. The molecule has 6 nitrogen and oxygen atoms in total. The Kier molecular flexibility index (Phi) is 4.82. The topological polar surface area (TPSA) is 57.9 Å². The van der Waals surface area contributed by atoms with E-state index in [1.54, 1.807) is 0 Å². The van der Waals surface area contributed by atoms with Gasteiger partial charge in [-0.3, -0.25) is 14.0 Å². The molecule has 2 saturated heterocycles. The van der Waals surface area contributed by atoms with E-state index in [9.17, 15) is 9.59 Å². The van der Waals surface area contributed by atoms with Crippen molar-refractivity contribution in [3.63, 3.8) is 0 Å². The average molecular weight is 425 g/mol. The van der Waals surface area contributed by atoms with Crippen molar-refractivity contribution in [2.75, 3.05) is 19.6 Å². The zero-order chi connectivity index (χ0) is 17.4. The largest absolute Gasteiger partial charge is 0.340 e. The van der Waals surface area contributed by atoms with E-state index < -0.39 is 0 Å². The molecule has 2 fully saturated rings. The number of nitrogens with zero attached hydrogens (tertiary/aromatic N) is 4. The predicted octanol–water partition coefficient (Wildman–Crippen LogP) is 3.17. The summed E-state index contributed by atoms with van der Waals surface area (Å²) in [5, 5.41) is 1.95. The molecule has 4 rings (SSSR count). The molecule has 0 radical (unpaired) electrons. The second-order valence-corrected chi connectivity index (χ2v) is 8.35. The summed E-state index contributed by atoms with van der Waals surface area (Å²) in [6.45, 7) is 2.25. The second kappa shape index (κ2) is 7.07.